The largest absolute Gasteiger partial charge is 0.386 e. The molecule has 2 aromatic rings. The smallest absolute Gasteiger partial charge is 0.189 e. The number of hydrogen-bond donors (Lipinski definition) is 2. The number of aromatic amines is 1. The number of rotatable bonds is 2. The lowest BCUT2D eigenvalue weighted by Crippen LogP contribution is -2.42. The molecule has 9 heteroatoms. The third kappa shape index (κ3) is 2.43. The number of aromatic nitrogens is 4. The van der Waals surface area contributed by atoms with Crippen LogP contribution in [0.3, 0.4) is 0 Å². The van der Waals surface area contributed by atoms with Gasteiger partial charge >= 0.3 is 0 Å². The van der Waals surface area contributed by atoms with E-state index in [0.717, 1.165) is 44.5 Å². The molecule has 0 aromatic carbocycles. The molecule has 0 amide bonds. The van der Waals surface area contributed by atoms with E-state index >= 15 is 0 Å². The summed E-state index contributed by atoms with van der Waals surface area (Å²) in [4.78, 5) is 11.9. The molecule has 0 radical (unpaired) electrons. The van der Waals surface area contributed by atoms with Gasteiger partial charge in [0.2, 0.25) is 0 Å². The number of ether oxygens (including phenoxy) is 1. The summed E-state index contributed by atoms with van der Waals surface area (Å²) in [6, 6.07) is 0. The van der Waals surface area contributed by atoms with Gasteiger partial charge in [-0.15, -0.1) is 0 Å². The van der Waals surface area contributed by atoms with Crippen LogP contribution in [0.15, 0.2) is 5.16 Å². The molecule has 2 fully saturated rings. The standard InChI is InChI=1S/C17H20IN5O2S/c1-16(24)7-23(5-6-25-8-16)14-9-11-10(13(18)22-21-11)17(3-4-17)12(9)19-15(20-14)26-2/h24H,3-8H2,1-2H3,(H,21,22)/t16-/m0/s1. The van der Waals surface area contributed by atoms with Crippen molar-refractivity contribution >= 4 is 40.2 Å². The Morgan fingerprint density at radius 3 is 2.88 bits per heavy atom. The highest BCUT2D eigenvalue weighted by molar-refractivity contribution is 14.1. The van der Waals surface area contributed by atoms with E-state index in [-0.39, 0.29) is 5.41 Å². The molecular formula is C17H20IN5O2S. The summed E-state index contributed by atoms with van der Waals surface area (Å²) < 4.78 is 6.69. The molecule has 1 aliphatic heterocycles. The Labute approximate surface area is 169 Å². The molecule has 2 N–H and O–H groups in total. The van der Waals surface area contributed by atoms with Gasteiger partial charge in [0.15, 0.2) is 5.16 Å². The lowest BCUT2D eigenvalue weighted by Gasteiger charge is -2.29. The number of β-amino-alcohol motifs (C(OH)–C–C–N with tert-alkyl or cyclic N) is 1. The average molecular weight is 485 g/mol. The molecule has 26 heavy (non-hydrogen) atoms. The minimum Gasteiger partial charge on any atom is -0.386 e. The van der Waals surface area contributed by atoms with Crippen LogP contribution in [0, 0.1) is 3.70 Å². The fraction of sp³-hybridized carbons (Fsp3) is 0.588. The van der Waals surface area contributed by atoms with Crippen LogP contribution in [0.25, 0.3) is 11.3 Å². The zero-order chi connectivity index (χ0) is 18.1. The third-order valence-electron chi connectivity index (χ3n) is 5.44. The topological polar surface area (TPSA) is 87.2 Å². The van der Waals surface area contributed by atoms with Crippen molar-refractivity contribution in [3.8, 4) is 11.3 Å². The van der Waals surface area contributed by atoms with Gasteiger partial charge in [0.25, 0.3) is 0 Å². The van der Waals surface area contributed by atoms with Gasteiger partial charge < -0.3 is 14.7 Å². The predicted molar refractivity (Wildman–Crippen MR) is 108 cm³/mol. The number of hydrogen-bond acceptors (Lipinski definition) is 7. The number of fused-ring (bicyclic) bond motifs is 5. The zero-order valence-corrected chi connectivity index (χ0v) is 17.6. The van der Waals surface area contributed by atoms with E-state index < -0.39 is 5.60 Å². The summed E-state index contributed by atoms with van der Waals surface area (Å²) in [6.45, 7) is 3.89. The second-order valence-electron chi connectivity index (χ2n) is 7.57. The van der Waals surface area contributed by atoms with Gasteiger partial charge in [0.05, 0.1) is 31.0 Å². The molecule has 1 saturated carbocycles. The predicted octanol–water partition coefficient (Wildman–Crippen LogP) is 2.17. The van der Waals surface area contributed by atoms with Crippen molar-refractivity contribution in [1.82, 2.24) is 20.2 Å². The van der Waals surface area contributed by atoms with Crippen LogP contribution in [-0.2, 0) is 10.2 Å². The molecule has 0 bridgehead atoms. The number of halogens is 1. The van der Waals surface area contributed by atoms with Crippen LogP contribution in [-0.4, -0.2) is 63.4 Å². The van der Waals surface area contributed by atoms with E-state index in [2.05, 4.69) is 37.7 Å². The summed E-state index contributed by atoms with van der Waals surface area (Å²) in [6.07, 6.45) is 4.21. The Balaban J connectivity index is 1.72. The maximum absolute atomic E-state index is 10.6. The molecule has 2 aliphatic carbocycles. The van der Waals surface area contributed by atoms with Crippen molar-refractivity contribution in [2.75, 3.05) is 37.5 Å². The van der Waals surface area contributed by atoms with Gasteiger partial charge in [-0.05, 0) is 48.6 Å². The number of anilines is 1. The summed E-state index contributed by atoms with van der Waals surface area (Å²) in [7, 11) is 0. The van der Waals surface area contributed by atoms with Gasteiger partial charge in [0, 0.05) is 17.5 Å². The lowest BCUT2D eigenvalue weighted by atomic mass is 10.0. The highest BCUT2D eigenvalue weighted by Gasteiger charge is 2.58. The first-order valence-electron chi connectivity index (χ1n) is 8.71. The van der Waals surface area contributed by atoms with Crippen LogP contribution < -0.4 is 4.90 Å². The maximum atomic E-state index is 10.6. The Morgan fingerprint density at radius 2 is 2.15 bits per heavy atom. The summed E-state index contributed by atoms with van der Waals surface area (Å²) in [5.41, 5.74) is 3.50. The molecule has 0 unspecified atom stereocenters. The van der Waals surface area contributed by atoms with Crippen LogP contribution in [0.1, 0.15) is 31.0 Å². The Bertz CT molecular complexity index is 896. The molecule has 1 spiro atoms. The summed E-state index contributed by atoms with van der Waals surface area (Å²) >= 11 is 3.89. The van der Waals surface area contributed by atoms with Gasteiger partial charge in [-0.3, -0.25) is 5.10 Å². The second kappa shape index (κ2) is 5.79. The van der Waals surface area contributed by atoms with Gasteiger partial charge in [-0.1, -0.05) is 11.8 Å². The zero-order valence-electron chi connectivity index (χ0n) is 14.7. The number of H-pyrrole nitrogens is 1. The molecule has 5 rings (SSSR count). The van der Waals surface area contributed by atoms with E-state index in [1.54, 1.807) is 11.8 Å². The van der Waals surface area contributed by atoms with Crippen LogP contribution >= 0.6 is 34.4 Å². The van der Waals surface area contributed by atoms with Crippen LogP contribution in [0.4, 0.5) is 5.82 Å². The first-order chi connectivity index (χ1) is 12.5. The van der Waals surface area contributed by atoms with Gasteiger partial charge in [-0.2, -0.15) is 5.10 Å². The summed E-state index contributed by atoms with van der Waals surface area (Å²) in [5.74, 6) is 0.873. The van der Waals surface area contributed by atoms with Crippen molar-refractivity contribution in [3.63, 3.8) is 0 Å². The molecule has 2 aromatic heterocycles. The van der Waals surface area contributed by atoms with E-state index in [0.29, 0.717) is 26.3 Å². The normalized spacial score (nSPS) is 25.9. The maximum Gasteiger partial charge on any atom is 0.189 e. The van der Waals surface area contributed by atoms with Crippen LogP contribution in [0.5, 0.6) is 0 Å². The minimum atomic E-state index is -0.910. The lowest BCUT2D eigenvalue weighted by molar-refractivity contribution is -0.0123. The number of nitrogens with zero attached hydrogens (tertiary/aromatic N) is 4. The monoisotopic (exact) mass is 485 g/mol. The minimum absolute atomic E-state index is 0.00122. The number of thioether (sulfide) groups is 1. The SMILES string of the molecule is CSc1nc(N2CCOC[C@@](C)(O)C2)c2c(n1)C1(CC1)c1c-2n[nH]c1I. The van der Waals surface area contributed by atoms with E-state index in [1.807, 2.05) is 13.2 Å². The average Bonchev–Trinajstić information content (AvgIpc) is 3.28. The molecule has 3 aliphatic rings. The highest BCUT2D eigenvalue weighted by atomic mass is 127. The van der Waals surface area contributed by atoms with Gasteiger partial charge in [0.1, 0.15) is 20.8 Å². The second-order valence-corrected chi connectivity index (χ2v) is 9.42. The van der Waals surface area contributed by atoms with Crippen molar-refractivity contribution < 1.29 is 9.84 Å². The molecule has 1 saturated heterocycles. The fourth-order valence-electron chi connectivity index (χ4n) is 4.17. The first-order valence-corrected chi connectivity index (χ1v) is 11.0. The number of nitrogens with one attached hydrogen (secondary N) is 1. The van der Waals surface area contributed by atoms with E-state index in [1.165, 1.54) is 5.56 Å². The summed E-state index contributed by atoms with van der Waals surface area (Å²) in [5, 5.41) is 19.2. The Hall–Kier alpha value is -0.910. The third-order valence-corrected chi connectivity index (χ3v) is 6.77. The molecule has 3 heterocycles. The van der Waals surface area contributed by atoms with Crippen molar-refractivity contribution in [2.24, 2.45) is 0 Å². The molecule has 7 nitrogen and oxygen atoms in total. The van der Waals surface area contributed by atoms with E-state index in [9.17, 15) is 5.11 Å². The number of aliphatic hydroxyl groups is 1. The van der Waals surface area contributed by atoms with Crippen LogP contribution in [0.2, 0.25) is 0 Å². The van der Waals surface area contributed by atoms with Crippen molar-refractivity contribution in [1.29, 1.82) is 0 Å². The first kappa shape index (κ1) is 17.2. The molecule has 1 atom stereocenters. The van der Waals surface area contributed by atoms with Crippen molar-refractivity contribution in [2.45, 2.75) is 35.9 Å². The fourth-order valence-corrected chi connectivity index (χ4v) is 5.42. The van der Waals surface area contributed by atoms with Gasteiger partial charge in [-0.25, -0.2) is 9.97 Å². The Morgan fingerprint density at radius 1 is 1.35 bits per heavy atom. The highest BCUT2D eigenvalue weighted by Crippen LogP contribution is 2.63. The van der Waals surface area contributed by atoms with E-state index in [4.69, 9.17) is 14.7 Å². The molecule has 138 valence electrons. The molecular weight excluding hydrogens is 465 g/mol. The van der Waals surface area contributed by atoms with Crippen molar-refractivity contribution in [3.05, 3.63) is 15.0 Å². The Kier molecular flexibility index (Phi) is 3.83. The quantitative estimate of drug-likeness (QED) is 0.383.